The van der Waals surface area contributed by atoms with Crippen molar-refractivity contribution in [2.75, 3.05) is 17.5 Å². The van der Waals surface area contributed by atoms with Gasteiger partial charge >= 0.3 is 34.3 Å². The summed E-state index contributed by atoms with van der Waals surface area (Å²) in [4.78, 5) is 47.8. The maximum Gasteiger partial charge on any atom is 0.422 e. The van der Waals surface area contributed by atoms with Gasteiger partial charge in [0.2, 0.25) is 0 Å². The van der Waals surface area contributed by atoms with E-state index >= 15 is 0 Å². The van der Waals surface area contributed by atoms with E-state index in [-0.39, 0.29) is 18.7 Å². The fourth-order valence-electron chi connectivity index (χ4n) is 2.78. The van der Waals surface area contributed by atoms with Gasteiger partial charge in [-0.3, -0.25) is 4.79 Å². The Morgan fingerprint density at radius 1 is 0.946 bits per heavy atom. The largest absolute Gasteiger partial charge is 0.480 e. The van der Waals surface area contributed by atoms with E-state index < -0.39 is 58.1 Å². The van der Waals surface area contributed by atoms with Gasteiger partial charge in [-0.05, 0) is 66.2 Å². The Morgan fingerprint density at radius 3 is 1.92 bits per heavy atom. The number of hydrogen-bond acceptors (Lipinski definition) is 9. The molecule has 0 bridgehead atoms. The first-order valence-electron chi connectivity index (χ1n) is 11.3. The minimum Gasteiger partial charge on any atom is -0.480 e. The van der Waals surface area contributed by atoms with Crippen LogP contribution in [0.25, 0.3) is 0 Å². The number of anilines is 1. The van der Waals surface area contributed by atoms with Crippen LogP contribution >= 0.6 is 0 Å². The van der Waals surface area contributed by atoms with E-state index in [0.29, 0.717) is 9.87 Å². The third kappa shape index (κ3) is 11.8. The molecule has 0 aromatic heterocycles. The Morgan fingerprint density at radius 2 is 1.46 bits per heavy atom. The number of carbonyl (C=O) groups excluding carboxylic acids is 3. The number of nitrogens with one attached hydrogen (secondary N) is 2. The number of nitrogens with zero attached hydrogens (tertiary/aromatic N) is 1. The van der Waals surface area contributed by atoms with Crippen molar-refractivity contribution in [2.24, 2.45) is 0 Å². The highest BCUT2D eigenvalue weighted by molar-refractivity contribution is 7.91. The van der Waals surface area contributed by atoms with Crippen LogP contribution in [0.3, 0.4) is 0 Å². The Labute approximate surface area is 216 Å². The number of carboxylic acids is 1. The zero-order valence-corrected chi connectivity index (χ0v) is 22.8. The van der Waals surface area contributed by atoms with Crippen LogP contribution in [0.5, 0.6) is 0 Å². The number of rotatable bonds is 10. The Bertz CT molecular complexity index is 1070. The normalized spacial score (nSPS) is 12.6. The Hall–Kier alpha value is -3.55. The second-order valence-corrected chi connectivity index (χ2v) is 11.4. The number of carboxylic acid groups (broad SMARTS) is 1. The van der Waals surface area contributed by atoms with Gasteiger partial charge in [0.15, 0.2) is 0 Å². The van der Waals surface area contributed by atoms with E-state index in [4.69, 9.17) is 14.2 Å². The van der Waals surface area contributed by atoms with Gasteiger partial charge in [-0.15, -0.1) is 0 Å². The summed E-state index contributed by atoms with van der Waals surface area (Å²) in [5.41, 5.74) is -1.38. The number of alkyl carbamates (subject to hydrolysis) is 1. The van der Waals surface area contributed by atoms with Crippen molar-refractivity contribution in [3.05, 3.63) is 29.8 Å². The standard InChI is InChI=1S/C23H35N3O10S/c1-8-34-18(27)14-26(37(32,33)25-21(31)36-23(5,6)7)16-11-9-15(10-12-16)13-17(19(28)29)24-20(30)35-22(2,3)4/h9-12,17H,8,13-14H2,1-7H3,(H,24,30)(H,25,31)(H,28,29)/t17-/m0/s1. The molecule has 0 fully saturated rings. The molecule has 37 heavy (non-hydrogen) atoms. The predicted molar refractivity (Wildman–Crippen MR) is 133 cm³/mol. The first-order chi connectivity index (χ1) is 16.8. The molecule has 3 N–H and O–H groups in total. The van der Waals surface area contributed by atoms with Crippen molar-refractivity contribution in [1.82, 2.24) is 10.0 Å². The summed E-state index contributed by atoms with van der Waals surface area (Å²) >= 11 is 0. The monoisotopic (exact) mass is 545 g/mol. The second-order valence-electron chi connectivity index (χ2n) is 9.83. The van der Waals surface area contributed by atoms with Crippen LogP contribution in [0.4, 0.5) is 15.3 Å². The highest BCUT2D eigenvalue weighted by atomic mass is 32.2. The summed E-state index contributed by atoms with van der Waals surface area (Å²) in [6.45, 7) is 10.4. The molecule has 0 aliphatic rings. The lowest BCUT2D eigenvalue weighted by Gasteiger charge is -2.25. The van der Waals surface area contributed by atoms with E-state index in [1.54, 1.807) is 53.2 Å². The van der Waals surface area contributed by atoms with Crippen molar-refractivity contribution in [3.63, 3.8) is 0 Å². The number of aliphatic carboxylic acids is 1. The summed E-state index contributed by atoms with van der Waals surface area (Å²) in [7, 11) is -4.60. The molecular formula is C23H35N3O10S. The van der Waals surface area contributed by atoms with Crippen LogP contribution in [0.2, 0.25) is 0 Å². The van der Waals surface area contributed by atoms with E-state index in [9.17, 15) is 32.7 Å². The van der Waals surface area contributed by atoms with Gasteiger partial charge in [-0.2, -0.15) is 8.42 Å². The molecule has 1 aromatic rings. The van der Waals surface area contributed by atoms with Crippen LogP contribution in [-0.4, -0.2) is 68.0 Å². The molecule has 208 valence electrons. The quantitative estimate of drug-likeness (QED) is 0.292. The molecule has 1 aromatic carbocycles. The van der Waals surface area contributed by atoms with Crippen molar-refractivity contribution >= 4 is 40.0 Å². The molecule has 13 nitrogen and oxygen atoms in total. The summed E-state index contributed by atoms with van der Waals surface area (Å²) in [5, 5.41) is 11.8. The number of ether oxygens (including phenoxy) is 3. The minimum atomic E-state index is -4.60. The van der Waals surface area contributed by atoms with Gasteiger partial charge in [0.05, 0.1) is 12.3 Å². The third-order valence-electron chi connectivity index (χ3n) is 4.13. The fraction of sp³-hybridized carbons (Fsp3) is 0.565. The first-order valence-corrected chi connectivity index (χ1v) is 12.8. The number of amides is 2. The van der Waals surface area contributed by atoms with Crippen LogP contribution in [0.1, 0.15) is 54.0 Å². The highest BCUT2D eigenvalue weighted by Crippen LogP contribution is 2.20. The number of carbonyl (C=O) groups is 4. The number of esters is 1. The van der Waals surface area contributed by atoms with Gasteiger partial charge in [0, 0.05) is 6.42 Å². The van der Waals surface area contributed by atoms with Gasteiger partial charge in [0.1, 0.15) is 23.8 Å². The molecule has 14 heteroatoms. The van der Waals surface area contributed by atoms with Crippen LogP contribution < -0.4 is 14.3 Å². The third-order valence-corrected chi connectivity index (χ3v) is 5.48. The maximum atomic E-state index is 12.9. The Kier molecular flexibility index (Phi) is 10.7. The molecule has 0 saturated carbocycles. The van der Waals surface area contributed by atoms with Crippen molar-refractivity contribution in [1.29, 1.82) is 0 Å². The van der Waals surface area contributed by atoms with Gasteiger partial charge < -0.3 is 24.6 Å². The molecule has 0 unspecified atom stereocenters. The molecule has 0 spiro atoms. The van der Waals surface area contributed by atoms with E-state index in [1.807, 2.05) is 0 Å². The van der Waals surface area contributed by atoms with E-state index in [1.165, 1.54) is 24.3 Å². The molecular weight excluding hydrogens is 510 g/mol. The van der Waals surface area contributed by atoms with Gasteiger partial charge in [0.25, 0.3) is 0 Å². The molecule has 0 saturated heterocycles. The Balaban J connectivity index is 3.16. The lowest BCUT2D eigenvalue weighted by Crippen LogP contribution is -2.47. The van der Waals surface area contributed by atoms with Crippen molar-refractivity contribution in [2.45, 2.75) is 72.1 Å². The average Bonchev–Trinajstić information content (AvgIpc) is 2.69. The topological polar surface area (TPSA) is 178 Å². The van der Waals surface area contributed by atoms with E-state index in [0.717, 1.165) is 0 Å². The molecule has 1 atom stereocenters. The number of hydrogen-bond donors (Lipinski definition) is 3. The molecule has 1 rings (SSSR count). The molecule has 0 heterocycles. The lowest BCUT2D eigenvalue weighted by atomic mass is 10.1. The smallest absolute Gasteiger partial charge is 0.422 e. The summed E-state index contributed by atoms with van der Waals surface area (Å²) < 4.78 is 43.1. The van der Waals surface area contributed by atoms with Crippen molar-refractivity contribution in [3.8, 4) is 0 Å². The molecule has 0 radical (unpaired) electrons. The van der Waals surface area contributed by atoms with E-state index in [2.05, 4.69) is 5.32 Å². The lowest BCUT2D eigenvalue weighted by molar-refractivity contribution is -0.141. The van der Waals surface area contributed by atoms with Crippen molar-refractivity contribution < 1.29 is 46.9 Å². The summed E-state index contributed by atoms with van der Waals surface area (Å²) in [5.74, 6) is -2.17. The molecule has 0 aliphatic heterocycles. The summed E-state index contributed by atoms with van der Waals surface area (Å²) in [6.07, 6.45) is -2.29. The zero-order chi connectivity index (χ0) is 28.6. The van der Waals surface area contributed by atoms with Crippen LogP contribution in [-0.2, 0) is 40.4 Å². The summed E-state index contributed by atoms with van der Waals surface area (Å²) in [6, 6.07) is 4.14. The SMILES string of the molecule is CCOC(=O)CN(c1ccc(C[C@H](NC(=O)OC(C)(C)C)C(=O)O)cc1)S(=O)(=O)NC(=O)OC(C)(C)C. The zero-order valence-electron chi connectivity index (χ0n) is 22.0. The van der Waals surface area contributed by atoms with Crippen LogP contribution in [0, 0.1) is 0 Å². The van der Waals surface area contributed by atoms with Crippen LogP contribution in [0.15, 0.2) is 24.3 Å². The molecule has 0 aliphatic carbocycles. The average molecular weight is 546 g/mol. The van der Waals surface area contributed by atoms with Gasteiger partial charge in [-0.1, -0.05) is 12.1 Å². The number of benzene rings is 1. The molecule has 2 amide bonds. The predicted octanol–water partition coefficient (Wildman–Crippen LogP) is 2.35. The fourth-order valence-corrected chi connectivity index (χ4v) is 3.82. The second kappa shape index (κ2) is 12.6. The van der Waals surface area contributed by atoms with Gasteiger partial charge in [-0.25, -0.2) is 23.4 Å². The maximum absolute atomic E-state index is 12.9. The highest BCUT2D eigenvalue weighted by Gasteiger charge is 2.30. The minimum absolute atomic E-state index is 0.00633. The first kappa shape index (κ1) is 31.5.